The van der Waals surface area contributed by atoms with Crippen molar-refractivity contribution < 1.29 is 9.53 Å². The van der Waals surface area contributed by atoms with Crippen molar-refractivity contribution >= 4 is 23.0 Å². The Hall–Kier alpha value is -1.75. The molecule has 108 valence electrons. The Morgan fingerprint density at radius 1 is 1.35 bits per heavy atom. The Bertz CT molecular complexity index is 510. The van der Waals surface area contributed by atoms with Crippen molar-refractivity contribution in [3.05, 3.63) is 17.7 Å². The van der Waals surface area contributed by atoms with Gasteiger partial charge in [0.25, 0.3) is 0 Å². The Balaban J connectivity index is 1.68. The lowest BCUT2D eigenvalue weighted by molar-refractivity contribution is -0.116. The van der Waals surface area contributed by atoms with Gasteiger partial charge in [0.05, 0.1) is 17.5 Å². The molecule has 0 saturated carbocycles. The average Bonchev–Trinajstić information content (AvgIpc) is 2.46. The highest BCUT2D eigenvalue weighted by atomic mass is 16.5. The van der Waals surface area contributed by atoms with Gasteiger partial charge < -0.3 is 21.1 Å². The molecule has 2 aliphatic rings. The monoisotopic (exact) mass is 275 g/mol. The quantitative estimate of drug-likeness (QED) is 0.739. The lowest BCUT2D eigenvalue weighted by Crippen LogP contribution is -2.27. The van der Waals surface area contributed by atoms with E-state index in [1.807, 2.05) is 12.1 Å². The highest BCUT2D eigenvalue weighted by molar-refractivity contribution is 5.95. The number of carbonyl (C=O) groups excluding carboxylic acids is 1. The number of anilines is 3. The van der Waals surface area contributed by atoms with Gasteiger partial charge in [-0.1, -0.05) is 0 Å². The SMILES string of the molecule is Nc1cc2c(cc1NCC1CCCCO1)CCC(=O)N2. The number of rotatable bonds is 3. The molecule has 2 heterocycles. The molecule has 1 atom stereocenters. The molecule has 0 bridgehead atoms. The normalized spacial score (nSPS) is 22.0. The summed E-state index contributed by atoms with van der Waals surface area (Å²) in [4.78, 5) is 11.4. The predicted molar refractivity (Wildman–Crippen MR) is 79.9 cm³/mol. The molecule has 1 unspecified atom stereocenters. The summed E-state index contributed by atoms with van der Waals surface area (Å²) in [5, 5.41) is 6.24. The van der Waals surface area contributed by atoms with Crippen LogP contribution in [-0.2, 0) is 16.0 Å². The molecule has 0 spiro atoms. The topological polar surface area (TPSA) is 76.4 Å². The van der Waals surface area contributed by atoms with Gasteiger partial charge in [0.15, 0.2) is 0 Å². The van der Waals surface area contributed by atoms with Crippen molar-refractivity contribution in [3.63, 3.8) is 0 Å². The molecule has 2 aliphatic heterocycles. The Morgan fingerprint density at radius 2 is 2.25 bits per heavy atom. The minimum Gasteiger partial charge on any atom is -0.397 e. The number of ether oxygens (including phenoxy) is 1. The van der Waals surface area contributed by atoms with Gasteiger partial charge in [0, 0.05) is 25.3 Å². The van der Waals surface area contributed by atoms with E-state index in [4.69, 9.17) is 10.5 Å². The van der Waals surface area contributed by atoms with Crippen LogP contribution in [0.4, 0.5) is 17.1 Å². The number of benzene rings is 1. The number of amides is 1. The molecular formula is C15H21N3O2. The zero-order valence-corrected chi connectivity index (χ0v) is 11.6. The van der Waals surface area contributed by atoms with E-state index < -0.39 is 0 Å². The predicted octanol–water partition coefficient (Wildman–Crippen LogP) is 2.13. The smallest absolute Gasteiger partial charge is 0.224 e. The zero-order chi connectivity index (χ0) is 13.9. The summed E-state index contributed by atoms with van der Waals surface area (Å²) >= 11 is 0. The van der Waals surface area contributed by atoms with Gasteiger partial charge in [0.2, 0.25) is 5.91 Å². The number of fused-ring (bicyclic) bond motifs is 1. The van der Waals surface area contributed by atoms with Gasteiger partial charge in [-0.15, -0.1) is 0 Å². The molecule has 0 aliphatic carbocycles. The van der Waals surface area contributed by atoms with Crippen LogP contribution in [-0.4, -0.2) is 25.2 Å². The number of carbonyl (C=O) groups is 1. The first-order valence-electron chi connectivity index (χ1n) is 7.30. The van der Waals surface area contributed by atoms with Crippen LogP contribution in [0, 0.1) is 0 Å². The summed E-state index contributed by atoms with van der Waals surface area (Å²) < 4.78 is 5.71. The third-order valence-electron chi connectivity index (χ3n) is 3.97. The zero-order valence-electron chi connectivity index (χ0n) is 11.6. The summed E-state index contributed by atoms with van der Waals surface area (Å²) in [5.74, 6) is 0.0632. The van der Waals surface area contributed by atoms with Crippen LogP contribution in [0.3, 0.4) is 0 Å². The van der Waals surface area contributed by atoms with Crippen molar-refractivity contribution in [2.24, 2.45) is 0 Å². The highest BCUT2D eigenvalue weighted by Gasteiger charge is 2.18. The third kappa shape index (κ3) is 2.88. The first-order valence-corrected chi connectivity index (χ1v) is 7.30. The first-order chi connectivity index (χ1) is 9.72. The Morgan fingerprint density at radius 3 is 3.05 bits per heavy atom. The second-order valence-corrected chi connectivity index (χ2v) is 5.51. The Kier molecular flexibility index (Phi) is 3.78. The van der Waals surface area contributed by atoms with Gasteiger partial charge in [-0.3, -0.25) is 4.79 Å². The minimum absolute atomic E-state index is 0.0632. The molecular weight excluding hydrogens is 254 g/mol. The summed E-state index contributed by atoms with van der Waals surface area (Å²) in [6, 6.07) is 3.89. The molecule has 1 fully saturated rings. The lowest BCUT2D eigenvalue weighted by Gasteiger charge is -2.24. The van der Waals surface area contributed by atoms with Crippen LogP contribution < -0.4 is 16.4 Å². The molecule has 5 heteroatoms. The van der Waals surface area contributed by atoms with E-state index in [2.05, 4.69) is 10.6 Å². The van der Waals surface area contributed by atoms with E-state index in [1.54, 1.807) is 0 Å². The third-order valence-corrected chi connectivity index (χ3v) is 3.97. The highest BCUT2D eigenvalue weighted by Crippen LogP contribution is 2.31. The number of nitrogens with one attached hydrogen (secondary N) is 2. The molecule has 3 rings (SSSR count). The van der Waals surface area contributed by atoms with Crippen LogP contribution in [0.1, 0.15) is 31.2 Å². The maximum Gasteiger partial charge on any atom is 0.224 e. The van der Waals surface area contributed by atoms with E-state index in [-0.39, 0.29) is 12.0 Å². The first kappa shape index (κ1) is 13.2. The van der Waals surface area contributed by atoms with Gasteiger partial charge >= 0.3 is 0 Å². The second kappa shape index (κ2) is 5.71. The van der Waals surface area contributed by atoms with Gasteiger partial charge in [0.1, 0.15) is 0 Å². The fourth-order valence-electron chi connectivity index (χ4n) is 2.79. The standard InChI is InChI=1S/C15H21N3O2/c16-12-8-13-10(4-5-15(19)18-13)7-14(12)17-9-11-3-1-2-6-20-11/h7-8,11,17H,1-6,9,16H2,(H,18,19). The molecule has 1 saturated heterocycles. The van der Waals surface area contributed by atoms with Gasteiger partial charge in [-0.05, 0) is 43.4 Å². The molecule has 1 aromatic carbocycles. The van der Waals surface area contributed by atoms with Crippen molar-refractivity contribution in [2.45, 2.75) is 38.2 Å². The van der Waals surface area contributed by atoms with Crippen molar-refractivity contribution in [2.75, 3.05) is 29.5 Å². The number of nitrogen functional groups attached to an aromatic ring is 1. The molecule has 0 aromatic heterocycles. The fraction of sp³-hybridized carbons (Fsp3) is 0.533. The minimum atomic E-state index is 0.0632. The second-order valence-electron chi connectivity index (χ2n) is 5.51. The molecule has 20 heavy (non-hydrogen) atoms. The van der Waals surface area contributed by atoms with Crippen molar-refractivity contribution in [1.29, 1.82) is 0 Å². The van der Waals surface area contributed by atoms with E-state index in [9.17, 15) is 4.79 Å². The Labute approximate surface area is 118 Å². The number of aryl methyl sites for hydroxylation is 1. The van der Waals surface area contributed by atoms with Gasteiger partial charge in [-0.2, -0.15) is 0 Å². The lowest BCUT2D eigenvalue weighted by atomic mass is 10.0. The molecule has 1 amide bonds. The molecule has 1 aromatic rings. The average molecular weight is 275 g/mol. The maximum absolute atomic E-state index is 11.4. The summed E-state index contributed by atoms with van der Waals surface area (Å²) in [7, 11) is 0. The number of hydrogen-bond acceptors (Lipinski definition) is 4. The van der Waals surface area contributed by atoms with Crippen LogP contribution in [0.5, 0.6) is 0 Å². The van der Waals surface area contributed by atoms with E-state index >= 15 is 0 Å². The largest absolute Gasteiger partial charge is 0.397 e. The molecule has 4 N–H and O–H groups in total. The van der Waals surface area contributed by atoms with Crippen molar-refractivity contribution in [1.82, 2.24) is 0 Å². The fourth-order valence-corrected chi connectivity index (χ4v) is 2.79. The number of hydrogen-bond donors (Lipinski definition) is 3. The van der Waals surface area contributed by atoms with Crippen LogP contribution in [0.2, 0.25) is 0 Å². The number of nitrogens with two attached hydrogens (primary N) is 1. The van der Waals surface area contributed by atoms with Crippen molar-refractivity contribution in [3.8, 4) is 0 Å². The molecule has 0 radical (unpaired) electrons. The summed E-state index contributed by atoms with van der Waals surface area (Å²) in [6.45, 7) is 1.65. The van der Waals surface area contributed by atoms with Crippen LogP contribution in [0.25, 0.3) is 0 Å². The van der Waals surface area contributed by atoms with E-state index in [1.165, 1.54) is 6.42 Å². The van der Waals surface area contributed by atoms with E-state index in [0.29, 0.717) is 12.1 Å². The summed E-state index contributed by atoms with van der Waals surface area (Å²) in [6.07, 6.45) is 5.10. The van der Waals surface area contributed by atoms with Gasteiger partial charge in [-0.25, -0.2) is 0 Å². The van der Waals surface area contributed by atoms with E-state index in [0.717, 1.165) is 49.4 Å². The maximum atomic E-state index is 11.4. The van der Waals surface area contributed by atoms with Crippen LogP contribution in [0.15, 0.2) is 12.1 Å². The molecule has 5 nitrogen and oxygen atoms in total. The van der Waals surface area contributed by atoms with Crippen LogP contribution >= 0.6 is 0 Å². The summed E-state index contributed by atoms with van der Waals surface area (Å²) in [5.41, 5.74) is 9.65.